The molecule has 0 saturated heterocycles. The molecule has 1 aromatic carbocycles. The van der Waals surface area contributed by atoms with Gasteiger partial charge in [-0.05, 0) is 52.0 Å². The number of hydrogen-bond acceptors (Lipinski definition) is 5. The third kappa shape index (κ3) is 4.76. The number of amides is 1. The van der Waals surface area contributed by atoms with Crippen molar-refractivity contribution in [2.75, 3.05) is 0 Å². The van der Waals surface area contributed by atoms with Crippen LogP contribution in [0.1, 0.15) is 20.8 Å². The van der Waals surface area contributed by atoms with Crippen LogP contribution in [0.25, 0.3) is 0 Å². The molecule has 0 atom stereocenters. The predicted molar refractivity (Wildman–Crippen MR) is 100 cm³/mol. The fourth-order valence-electron chi connectivity index (χ4n) is 2.14. The normalized spacial score (nSPS) is 11.4. The second-order valence-electron chi connectivity index (χ2n) is 5.25. The van der Waals surface area contributed by atoms with Crippen LogP contribution < -0.4 is 10.0 Å². The van der Waals surface area contributed by atoms with Crippen LogP contribution in [0, 0.1) is 0 Å². The Morgan fingerprint density at radius 1 is 1.04 bits per heavy atom. The summed E-state index contributed by atoms with van der Waals surface area (Å²) in [4.78, 5) is 13.2. The highest BCUT2D eigenvalue weighted by Gasteiger charge is 2.16. The molecule has 1 amide bonds. The van der Waals surface area contributed by atoms with E-state index in [1.165, 1.54) is 23.5 Å². The highest BCUT2D eigenvalue weighted by molar-refractivity contribution is 7.89. The number of thiophene rings is 2. The molecule has 0 spiro atoms. The number of hydrogen-bond donors (Lipinski definition) is 2. The molecule has 5 nitrogen and oxygen atoms in total. The van der Waals surface area contributed by atoms with Gasteiger partial charge in [-0.25, -0.2) is 13.1 Å². The van der Waals surface area contributed by atoms with Crippen molar-refractivity contribution in [1.82, 2.24) is 10.0 Å². The molecule has 0 bridgehead atoms. The first-order valence-electron chi connectivity index (χ1n) is 7.46. The smallest absolute Gasteiger partial charge is 0.251 e. The van der Waals surface area contributed by atoms with E-state index in [0.717, 1.165) is 10.4 Å². The zero-order valence-electron chi connectivity index (χ0n) is 13.1. The van der Waals surface area contributed by atoms with E-state index < -0.39 is 10.0 Å². The van der Waals surface area contributed by atoms with Gasteiger partial charge >= 0.3 is 0 Å². The summed E-state index contributed by atoms with van der Waals surface area (Å²) >= 11 is 3.04. The molecule has 0 saturated carbocycles. The fraction of sp³-hybridized carbons (Fsp3) is 0.118. The molecule has 8 heteroatoms. The van der Waals surface area contributed by atoms with Crippen LogP contribution >= 0.6 is 22.7 Å². The summed E-state index contributed by atoms with van der Waals surface area (Å²) in [6, 6.07) is 11.7. The maximum atomic E-state index is 12.4. The molecule has 0 aliphatic carbocycles. The van der Waals surface area contributed by atoms with Crippen molar-refractivity contribution in [1.29, 1.82) is 0 Å². The van der Waals surface area contributed by atoms with Crippen LogP contribution in [0.3, 0.4) is 0 Å². The molecule has 3 aromatic rings. The van der Waals surface area contributed by atoms with E-state index in [-0.39, 0.29) is 17.3 Å². The highest BCUT2D eigenvalue weighted by atomic mass is 32.2. The minimum Gasteiger partial charge on any atom is -0.348 e. The van der Waals surface area contributed by atoms with Gasteiger partial charge in [0.05, 0.1) is 4.90 Å². The Bertz CT molecular complexity index is 933. The van der Waals surface area contributed by atoms with E-state index >= 15 is 0 Å². The van der Waals surface area contributed by atoms with Crippen LogP contribution in [0.4, 0.5) is 0 Å². The molecule has 0 fully saturated rings. The van der Waals surface area contributed by atoms with Gasteiger partial charge in [-0.15, -0.1) is 11.3 Å². The number of carbonyl (C=O) groups excluding carboxylic acids is 1. The second-order valence-corrected chi connectivity index (χ2v) is 8.83. The highest BCUT2D eigenvalue weighted by Crippen LogP contribution is 2.14. The monoisotopic (exact) mass is 392 g/mol. The number of benzene rings is 1. The number of rotatable bonds is 7. The number of carbonyl (C=O) groups is 1. The van der Waals surface area contributed by atoms with E-state index in [1.807, 2.05) is 34.3 Å². The van der Waals surface area contributed by atoms with Gasteiger partial charge < -0.3 is 5.32 Å². The Balaban J connectivity index is 1.68. The molecule has 2 N–H and O–H groups in total. The molecule has 0 aliphatic rings. The molecule has 25 heavy (non-hydrogen) atoms. The standard InChI is InChI=1S/C17H16N2O3S3/c20-17(18-10-13-6-8-23-12-13)14-3-1-5-16(9-14)25(21,22)19-11-15-4-2-7-24-15/h1-9,12,19H,10-11H2,(H,18,20). The van der Waals surface area contributed by atoms with Crippen molar-refractivity contribution in [2.45, 2.75) is 18.0 Å². The van der Waals surface area contributed by atoms with Crippen molar-refractivity contribution in [3.05, 3.63) is 74.6 Å². The molecule has 2 heterocycles. The second kappa shape index (κ2) is 7.92. The Morgan fingerprint density at radius 3 is 2.64 bits per heavy atom. The van der Waals surface area contributed by atoms with Crippen LogP contribution in [0.5, 0.6) is 0 Å². The molecule has 130 valence electrons. The minimum atomic E-state index is -3.67. The molecule has 0 radical (unpaired) electrons. The Hall–Kier alpha value is -2.00. The fourth-order valence-corrected chi connectivity index (χ4v) is 4.60. The summed E-state index contributed by atoms with van der Waals surface area (Å²) in [5.41, 5.74) is 1.33. The lowest BCUT2D eigenvalue weighted by atomic mass is 10.2. The van der Waals surface area contributed by atoms with Gasteiger partial charge in [0.2, 0.25) is 10.0 Å². The van der Waals surface area contributed by atoms with Gasteiger partial charge in [0.1, 0.15) is 0 Å². The zero-order chi connectivity index (χ0) is 17.7. The molecule has 2 aromatic heterocycles. The summed E-state index contributed by atoms with van der Waals surface area (Å²) in [5.74, 6) is -0.304. The third-order valence-corrected chi connectivity index (χ3v) is 6.46. The molecular formula is C17H16N2O3S3. The quantitative estimate of drug-likeness (QED) is 0.648. The maximum absolute atomic E-state index is 12.4. The first kappa shape index (κ1) is 17.8. The van der Waals surface area contributed by atoms with E-state index in [4.69, 9.17) is 0 Å². The Kier molecular flexibility index (Phi) is 5.64. The Morgan fingerprint density at radius 2 is 1.92 bits per heavy atom. The summed E-state index contributed by atoms with van der Waals surface area (Å²) in [5, 5.41) is 8.57. The van der Waals surface area contributed by atoms with E-state index in [9.17, 15) is 13.2 Å². The van der Waals surface area contributed by atoms with Crippen molar-refractivity contribution in [3.8, 4) is 0 Å². The summed E-state index contributed by atoms with van der Waals surface area (Å²) in [7, 11) is -3.67. The van der Waals surface area contributed by atoms with Gasteiger partial charge in [0.25, 0.3) is 5.91 Å². The van der Waals surface area contributed by atoms with E-state index in [0.29, 0.717) is 12.1 Å². The number of nitrogens with one attached hydrogen (secondary N) is 2. The lowest BCUT2D eigenvalue weighted by Gasteiger charge is -2.08. The predicted octanol–water partition coefficient (Wildman–Crippen LogP) is 3.22. The van der Waals surface area contributed by atoms with Crippen molar-refractivity contribution in [3.63, 3.8) is 0 Å². The van der Waals surface area contributed by atoms with Crippen molar-refractivity contribution < 1.29 is 13.2 Å². The lowest BCUT2D eigenvalue weighted by molar-refractivity contribution is 0.0950. The maximum Gasteiger partial charge on any atom is 0.251 e. The van der Waals surface area contributed by atoms with Crippen molar-refractivity contribution in [2.24, 2.45) is 0 Å². The largest absolute Gasteiger partial charge is 0.348 e. The summed E-state index contributed by atoms with van der Waals surface area (Å²) < 4.78 is 27.4. The van der Waals surface area contributed by atoms with Gasteiger partial charge in [0, 0.05) is 23.5 Å². The van der Waals surface area contributed by atoms with Gasteiger partial charge in [-0.2, -0.15) is 11.3 Å². The van der Waals surface area contributed by atoms with Gasteiger partial charge in [0.15, 0.2) is 0 Å². The SMILES string of the molecule is O=C(NCc1ccsc1)c1cccc(S(=O)(=O)NCc2cccs2)c1. The average Bonchev–Trinajstić information content (AvgIpc) is 3.31. The molecule has 3 rings (SSSR count). The van der Waals surface area contributed by atoms with Gasteiger partial charge in [-0.3, -0.25) is 4.79 Å². The number of sulfonamides is 1. The third-order valence-electron chi connectivity index (χ3n) is 3.46. The van der Waals surface area contributed by atoms with Gasteiger partial charge in [-0.1, -0.05) is 12.1 Å². The van der Waals surface area contributed by atoms with Crippen LogP contribution in [-0.2, 0) is 23.1 Å². The van der Waals surface area contributed by atoms with Crippen LogP contribution in [0.15, 0.2) is 63.5 Å². The molecule has 0 aliphatic heterocycles. The minimum absolute atomic E-state index is 0.0761. The zero-order valence-corrected chi connectivity index (χ0v) is 15.6. The summed E-state index contributed by atoms with van der Waals surface area (Å²) in [6.07, 6.45) is 0. The van der Waals surface area contributed by atoms with E-state index in [1.54, 1.807) is 23.5 Å². The summed E-state index contributed by atoms with van der Waals surface area (Å²) in [6.45, 7) is 0.643. The molecular weight excluding hydrogens is 376 g/mol. The van der Waals surface area contributed by atoms with Crippen molar-refractivity contribution >= 4 is 38.6 Å². The topological polar surface area (TPSA) is 75.3 Å². The Labute approximate surface area is 154 Å². The van der Waals surface area contributed by atoms with Crippen LogP contribution in [0.2, 0.25) is 0 Å². The lowest BCUT2D eigenvalue weighted by Crippen LogP contribution is -2.25. The molecule has 0 unspecified atom stereocenters. The van der Waals surface area contributed by atoms with Crippen LogP contribution in [-0.4, -0.2) is 14.3 Å². The average molecular weight is 393 g/mol. The van der Waals surface area contributed by atoms with E-state index in [2.05, 4.69) is 10.0 Å². The first-order valence-corrected chi connectivity index (χ1v) is 10.8. The first-order chi connectivity index (χ1) is 12.0.